The number of nitrogens with one attached hydrogen (secondary N) is 1. The molecule has 0 spiro atoms. The first-order valence-corrected chi connectivity index (χ1v) is 7.37. The molecular formula is C17H17ClN2O. The van der Waals surface area contributed by atoms with Gasteiger partial charge in [-0.2, -0.15) is 0 Å². The van der Waals surface area contributed by atoms with Crippen molar-refractivity contribution in [2.75, 3.05) is 0 Å². The molecule has 1 heterocycles. The van der Waals surface area contributed by atoms with Crippen LogP contribution in [0.2, 0.25) is 5.02 Å². The summed E-state index contributed by atoms with van der Waals surface area (Å²) in [7, 11) is 0. The molecule has 0 amide bonds. The average Bonchev–Trinajstić information content (AvgIpc) is 2.87. The third-order valence-electron chi connectivity index (χ3n) is 3.40. The van der Waals surface area contributed by atoms with Crippen LogP contribution in [0.1, 0.15) is 31.2 Å². The third kappa shape index (κ3) is 3.03. The monoisotopic (exact) mass is 300 g/mol. The summed E-state index contributed by atoms with van der Waals surface area (Å²) in [5.41, 5.74) is 3.03. The average molecular weight is 301 g/mol. The van der Waals surface area contributed by atoms with Crippen LogP contribution < -0.4 is 4.74 Å². The van der Waals surface area contributed by atoms with Crippen LogP contribution >= 0.6 is 11.6 Å². The number of rotatable bonds is 4. The van der Waals surface area contributed by atoms with E-state index in [0.717, 1.165) is 22.6 Å². The minimum Gasteiger partial charge on any atom is -0.485 e. The van der Waals surface area contributed by atoms with E-state index in [4.69, 9.17) is 16.3 Å². The number of hydrogen-bond donors (Lipinski definition) is 1. The maximum absolute atomic E-state index is 5.98. The van der Waals surface area contributed by atoms with Gasteiger partial charge in [-0.3, -0.25) is 0 Å². The molecule has 0 aliphatic rings. The molecule has 0 aliphatic heterocycles. The van der Waals surface area contributed by atoms with Gasteiger partial charge in [-0.1, -0.05) is 43.6 Å². The van der Waals surface area contributed by atoms with Crippen LogP contribution in [0.3, 0.4) is 0 Å². The Morgan fingerprint density at radius 3 is 2.81 bits per heavy atom. The second-order valence-electron chi connectivity index (χ2n) is 5.33. The number of benzene rings is 2. The van der Waals surface area contributed by atoms with Crippen LogP contribution in [0, 0.1) is 0 Å². The molecule has 0 saturated carbocycles. The molecule has 1 N–H and O–H groups in total. The van der Waals surface area contributed by atoms with Crippen molar-refractivity contribution in [1.82, 2.24) is 9.97 Å². The molecule has 0 aliphatic carbocycles. The molecule has 3 nitrogen and oxygen atoms in total. The number of fused-ring (bicyclic) bond motifs is 1. The third-order valence-corrected chi connectivity index (χ3v) is 3.63. The lowest BCUT2D eigenvalue weighted by Gasteiger charge is -2.12. The Morgan fingerprint density at radius 2 is 2.00 bits per heavy atom. The van der Waals surface area contributed by atoms with Crippen LogP contribution in [0.5, 0.6) is 5.75 Å². The van der Waals surface area contributed by atoms with E-state index in [1.54, 1.807) is 0 Å². The highest BCUT2D eigenvalue weighted by atomic mass is 35.5. The van der Waals surface area contributed by atoms with Gasteiger partial charge < -0.3 is 9.72 Å². The van der Waals surface area contributed by atoms with Crippen molar-refractivity contribution in [2.45, 2.75) is 26.4 Å². The predicted octanol–water partition coefficient (Wildman–Crippen LogP) is 4.92. The van der Waals surface area contributed by atoms with Gasteiger partial charge in [0.1, 0.15) is 18.2 Å². The number of imidazole rings is 1. The molecule has 0 fully saturated rings. The summed E-state index contributed by atoms with van der Waals surface area (Å²) in [6, 6.07) is 13.7. The van der Waals surface area contributed by atoms with Gasteiger partial charge in [-0.05, 0) is 35.7 Å². The van der Waals surface area contributed by atoms with E-state index < -0.39 is 0 Å². The fraction of sp³-hybridized carbons (Fsp3) is 0.235. The molecule has 3 aromatic rings. The number of aromatic amines is 1. The topological polar surface area (TPSA) is 37.9 Å². The van der Waals surface area contributed by atoms with E-state index in [9.17, 15) is 0 Å². The minimum atomic E-state index is 0.413. The summed E-state index contributed by atoms with van der Waals surface area (Å²) >= 11 is 5.98. The Kier molecular flexibility index (Phi) is 3.84. The van der Waals surface area contributed by atoms with Crippen LogP contribution in [-0.2, 0) is 6.61 Å². The number of halogens is 1. The minimum absolute atomic E-state index is 0.413. The summed E-state index contributed by atoms with van der Waals surface area (Å²) in [5.74, 6) is 2.13. The Labute approximate surface area is 128 Å². The molecule has 0 atom stereocenters. The second-order valence-corrected chi connectivity index (χ2v) is 5.76. The highest BCUT2D eigenvalue weighted by Gasteiger charge is 2.09. The van der Waals surface area contributed by atoms with Gasteiger partial charge in [0.05, 0.1) is 11.0 Å². The van der Waals surface area contributed by atoms with Crippen molar-refractivity contribution in [2.24, 2.45) is 0 Å². The highest BCUT2D eigenvalue weighted by Crippen LogP contribution is 2.26. The Balaban J connectivity index is 1.80. The van der Waals surface area contributed by atoms with Crippen molar-refractivity contribution in [1.29, 1.82) is 0 Å². The van der Waals surface area contributed by atoms with E-state index in [1.807, 2.05) is 36.4 Å². The number of para-hydroxylation sites is 1. The number of hydrogen-bond acceptors (Lipinski definition) is 2. The molecule has 21 heavy (non-hydrogen) atoms. The molecule has 108 valence electrons. The zero-order valence-corrected chi connectivity index (χ0v) is 12.8. The summed E-state index contributed by atoms with van der Waals surface area (Å²) in [6.07, 6.45) is 0. The van der Waals surface area contributed by atoms with Crippen molar-refractivity contribution >= 4 is 22.6 Å². The lowest BCUT2D eigenvalue weighted by Crippen LogP contribution is -2.01. The zero-order chi connectivity index (χ0) is 14.8. The van der Waals surface area contributed by atoms with E-state index in [0.29, 0.717) is 17.5 Å². The van der Waals surface area contributed by atoms with E-state index in [2.05, 4.69) is 29.9 Å². The Morgan fingerprint density at radius 1 is 1.19 bits per heavy atom. The van der Waals surface area contributed by atoms with Gasteiger partial charge in [0.2, 0.25) is 0 Å². The lowest BCUT2D eigenvalue weighted by molar-refractivity contribution is 0.293. The van der Waals surface area contributed by atoms with Crippen LogP contribution in [-0.4, -0.2) is 9.97 Å². The molecule has 0 saturated heterocycles. The van der Waals surface area contributed by atoms with Crippen molar-refractivity contribution in [3.05, 3.63) is 58.9 Å². The SMILES string of the molecule is CC(C)c1ccccc1OCc1nc2ccc(Cl)cc2[nH]1. The van der Waals surface area contributed by atoms with Gasteiger partial charge in [0.25, 0.3) is 0 Å². The highest BCUT2D eigenvalue weighted by molar-refractivity contribution is 6.31. The first-order valence-electron chi connectivity index (χ1n) is 6.99. The van der Waals surface area contributed by atoms with E-state index in [-0.39, 0.29) is 0 Å². The summed E-state index contributed by atoms with van der Waals surface area (Å²) in [4.78, 5) is 7.74. The molecule has 3 rings (SSSR count). The molecule has 4 heteroatoms. The first kappa shape index (κ1) is 14.0. The lowest BCUT2D eigenvalue weighted by atomic mass is 10.0. The van der Waals surface area contributed by atoms with Gasteiger partial charge in [0.15, 0.2) is 0 Å². The predicted molar refractivity (Wildman–Crippen MR) is 86.0 cm³/mol. The number of aromatic nitrogens is 2. The number of nitrogens with zero attached hydrogens (tertiary/aromatic N) is 1. The Hall–Kier alpha value is -2.00. The fourth-order valence-corrected chi connectivity index (χ4v) is 2.51. The smallest absolute Gasteiger partial charge is 0.146 e. The quantitative estimate of drug-likeness (QED) is 0.742. The molecule has 0 unspecified atom stereocenters. The first-order chi connectivity index (χ1) is 10.1. The molecular weight excluding hydrogens is 284 g/mol. The van der Waals surface area contributed by atoms with Crippen LogP contribution in [0.25, 0.3) is 11.0 Å². The largest absolute Gasteiger partial charge is 0.485 e. The van der Waals surface area contributed by atoms with Crippen LogP contribution in [0.4, 0.5) is 0 Å². The summed E-state index contributed by atoms with van der Waals surface area (Å²) in [6.45, 7) is 4.73. The van der Waals surface area contributed by atoms with Gasteiger partial charge in [-0.15, -0.1) is 0 Å². The maximum Gasteiger partial charge on any atom is 0.146 e. The summed E-state index contributed by atoms with van der Waals surface area (Å²) < 4.78 is 5.92. The van der Waals surface area contributed by atoms with Gasteiger partial charge in [-0.25, -0.2) is 4.98 Å². The molecule has 0 bridgehead atoms. The van der Waals surface area contributed by atoms with Crippen LogP contribution in [0.15, 0.2) is 42.5 Å². The van der Waals surface area contributed by atoms with Crippen molar-refractivity contribution in [3.63, 3.8) is 0 Å². The summed E-state index contributed by atoms with van der Waals surface area (Å²) in [5, 5.41) is 0.698. The van der Waals surface area contributed by atoms with E-state index in [1.165, 1.54) is 5.56 Å². The van der Waals surface area contributed by atoms with Crippen molar-refractivity contribution < 1.29 is 4.74 Å². The molecule has 2 aromatic carbocycles. The second kappa shape index (κ2) is 5.78. The van der Waals surface area contributed by atoms with E-state index >= 15 is 0 Å². The number of ether oxygens (including phenoxy) is 1. The maximum atomic E-state index is 5.98. The van der Waals surface area contributed by atoms with Crippen molar-refractivity contribution in [3.8, 4) is 5.75 Å². The fourth-order valence-electron chi connectivity index (χ4n) is 2.34. The van der Waals surface area contributed by atoms with Gasteiger partial charge >= 0.3 is 0 Å². The standard InChI is InChI=1S/C17H17ClN2O/c1-11(2)13-5-3-4-6-16(13)21-10-17-19-14-8-7-12(18)9-15(14)20-17/h3-9,11H,10H2,1-2H3,(H,19,20). The number of H-pyrrole nitrogens is 1. The normalized spacial score (nSPS) is 11.2. The molecule has 0 radical (unpaired) electrons. The molecule has 1 aromatic heterocycles. The Bertz CT molecular complexity index is 764. The van der Waals surface area contributed by atoms with Gasteiger partial charge in [0, 0.05) is 5.02 Å². The zero-order valence-electron chi connectivity index (χ0n) is 12.1.